The SMILES string of the molecule is CC(=O)OCC1(C)C2C[C@H](OC(=O)c3cccc(C)c3)[C@@]3(C)Oc4cc(-c5cccnc5)oc(=O)c4[C@H](O)C3[C@@]2(C)CC[C@@H]1OC(C)=O. The number of carbonyl (C=O) groups excluding carboxylic acids is 3. The van der Waals surface area contributed by atoms with Gasteiger partial charge in [-0.1, -0.05) is 31.5 Å². The number of nitrogens with zero attached hydrogens (tertiary/aromatic N) is 1. The summed E-state index contributed by atoms with van der Waals surface area (Å²) in [5, 5.41) is 12.3. The molecule has 2 fully saturated rings. The summed E-state index contributed by atoms with van der Waals surface area (Å²) < 4.78 is 30.3. The van der Waals surface area contributed by atoms with Crippen molar-refractivity contribution in [1.82, 2.24) is 4.98 Å². The van der Waals surface area contributed by atoms with E-state index in [9.17, 15) is 24.3 Å². The summed E-state index contributed by atoms with van der Waals surface area (Å²) in [6, 6.07) is 12.1. The Morgan fingerprint density at radius 1 is 1.02 bits per heavy atom. The number of aromatic nitrogens is 1. The maximum Gasteiger partial charge on any atom is 0.345 e. The van der Waals surface area contributed by atoms with Gasteiger partial charge in [0.25, 0.3) is 0 Å². The standard InChI is InChI=1S/C37H41NO10/c1-20-9-7-10-23(15-20)33(42)47-29-17-27-35(4,13-12-28(45-22(3)40)36(27,5)19-44-21(2)39)32-31(41)30-26(48-37(29,32)6)16-25(46-34(30)43)24-11-8-14-38-18-24/h7-11,14-16,18,27-29,31-32,41H,12-13,17,19H2,1-6H3/t27?,28-,29-,31-,32?,35-,36?,37+/m0/s1. The number of benzene rings is 1. The second-order valence-corrected chi connectivity index (χ2v) is 14.1. The van der Waals surface area contributed by atoms with Crippen LogP contribution in [0.15, 0.2) is 64.1 Å². The first-order chi connectivity index (χ1) is 22.7. The van der Waals surface area contributed by atoms with Crippen molar-refractivity contribution in [2.45, 2.75) is 84.7 Å². The van der Waals surface area contributed by atoms with Gasteiger partial charge < -0.3 is 28.5 Å². The third-order valence-corrected chi connectivity index (χ3v) is 10.9. The Labute approximate surface area is 278 Å². The number of aliphatic hydroxyl groups excluding tert-OH is 1. The molecule has 6 rings (SSSR count). The zero-order valence-electron chi connectivity index (χ0n) is 28.0. The molecule has 2 saturated carbocycles. The number of aryl methyl sites for hydroxylation is 1. The van der Waals surface area contributed by atoms with E-state index in [0.717, 1.165) is 5.56 Å². The second kappa shape index (κ2) is 12.2. The van der Waals surface area contributed by atoms with Crippen molar-refractivity contribution in [3.8, 4) is 17.1 Å². The number of carbonyl (C=O) groups is 3. The van der Waals surface area contributed by atoms with Gasteiger partial charge in [-0.25, -0.2) is 9.59 Å². The second-order valence-electron chi connectivity index (χ2n) is 14.1. The van der Waals surface area contributed by atoms with Crippen LogP contribution in [0.2, 0.25) is 0 Å². The minimum Gasteiger partial charge on any atom is -0.482 e. The molecular formula is C37H41NO10. The molecule has 2 aliphatic carbocycles. The van der Waals surface area contributed by atoms with Crippen molar-refractivity contribution >= 4 is 17.9 Å². The van der Waals surface area contributed by atoms with E-state index in [2.05, 4.69) is 4.98 Å². The molecule has 254 valence electrons. The summed E-state index contributed by atoms with van der Waals surface area (Å²) in [7, 11) is 0. The fraction of sp³-hybridized carbons (Fsp3) is 0.486. The quantitative estimate of drug-likeness (QED) is 0.269. The molecule has 0 bridgehead atoms. The van der Waals surface area contributed by atoms with Crippen LogP contribution in [0, 0.1) is 29.6 Å². The highest BCUT2D eigenvalue weighted by Gasteiger charge is 2.71. The summed E-state index contributed by atoms with van der Waals surface area (Å²) in [6.07, 6.45) is 1.30. The molecule has 1 aromatic carbocycles. The highest BCUT2D eigenvalue weighted by Crippen LogP contribution is 2.67. The first-order valence-corrected chi connectivity index (χ1v) is 16.2. The molecule has 3 aliphatic rings. The topological polar surface area (TPSA) is 151 Å². The number of fused-ring (bicyclic) bond motifs is 4. The summed E-state index contributed by atoms with van der Waals surface area (Å²) in [5.74, 6) is -2.43. The van der Waals surface area contributed by atoms with Crippen molar-refractivity contribution in [3.63, 3.8) is 0 Å². The van der Waals surface area contributed by atoms with Gasteiger partial charge in [-0.3, -0.25) is 14.6 Å². The molecule has 1 aliphatic heterocycles. The Balaban J connectivity index is 1.51. The Morgan fingerprint density at radius 2 is 1.79 bits per heavy atom. The van der Waals surface area contributed by atoms with Crippen LogP contribution in [-0.2, 0) is 23.8 Å². The average Bonchev–Trinajstić information content (AvgIpc) is 3.02. The lowest BCUT2D eigenvalue weighted by Crippen LogP contribution is -2.71. The Hall–Kier alpha value is -4.51. The molecule has 11 nitrogen and oxygen atoms in total. The molecule has 1 N–H and O–H groups in total. The first kappa shape index (κ1) is 33.4. The molecule has 3 heterocycles. The van der Waals surface area contributed by atoms with E-state index in [4.69, 9.17) is 23.4 Å². The zero-order valence-corrected chi connectivity index (χ0v) is 28.0. The summed E-state index contributed by atoms with van der Waals surface area (Å²) in [4.78, 5) is 56.0. The first-order valence-electron chi connectivity index (χ1n) is 16.2. The smallest absolute Gasteiger partial charge is 0.345 e. The summed E-state index contributed by atoms with van der Waals surface area (Å²) >= 11 is 0. The monoisotopic (exact) mass is 659 g/mol. The van der Waals surface area contributed by atoms with E-state index >= 15 is 0 Å². The van der Waals surface area contributed by atoms with Gasteiger partial charge in [-0.2, -0.15) is 0 Å². The van der Waals surface area contributed by atoms with Gasteiger partial charge in [-0.15, -0.1) is 0 Å². The Kier molecular flexibility index (Phi) is 8.47. The van der Waals surface area contributed by atoms with Crippen molar-refractivity contribution in [3.05, 3.63) is 82.0 Å². The largest absolute Gasteiger partial charge is 0.482 e. The number of hydrogen-bond acceptors (Lipinski definition) is 11. The maximum atomic E-state index is 13.8. The fourth-order valence-electron chi connectivity index (χ4n) is 8.81. The van der Waals surface area contributed by atoms with E-state index < -0.39 is 70.1 Å². The third kappa shape index (κ3) is 5.57. The molecule has 11 heteroatoms. The number of rotatable bonds is 6. The van der Waals surface area contributed by atoms with E-state index in [0.29, 0.717) is 24.0 Å². The molecule has 0 radical (unpaired) electrons. The van der Waals surface area contributed by atoms with Gasteiger partial charge in [0.1, 0.15) is 41.5 Å². The Bertz CT molecular complexity index is 1800. The van der Waals surface area contributed by atoms with Gasteiger partial charge in [0, 0.05) is 49.2 Å². The summed E-state index contributed by atoms with van der Waals surface area (Å²) in [6.45, 7) is 10.2. The van der Waals surface area contributed by atoms with Crippen molar-refractivity contribution in [2.24, 2.45) is 22.7 Å². The minimum atomic E-state index is -1.38. The third-order valence-electron chi connectivity index (χ3n) is 10.9. The van der Waals surface area contributed by atoms with Crippen LogP contribution in [0.3, 0.4) is 0 Å². The van der Waals surface area contributed by atoms with Crippen LogP contribution in [0.4, 0.5) is 0 Å². The van der Waals surface area contributed by atoms with Crippen LogP contribution < -0.4 is 10.4 Å². The number of ether oxygens (including phenoxy) is 4. The lowest BCUT2D eigenvalue weighted by atomic mass is 9.42. The number of esters is 3. The van der Waals surface area contributed by atoms with Gasteiger partial charge in [0.2, 0.25) is 0 Å². The highest BCUT2D eigenvalue weighted by atomic mass is 16.6. The van der Waals surface area contributed by atoms with Crippen molar-refractivity contribution < 1.29 is 42.9 Å². The van der Waals surface area contributed by atoms with Crippen LogP contribution in [0.1, 0.15) is 81.5 Å². The molecule has 0 spiro atoms. The molecule has 8 atom stereocenters. The lowest BCUT2D eigenvalue weighted by molar-refractivity contribution is -0.266. The van der Waals surface area contributed by atoms with E-state index in [1.54, 1.807) is 55.7 Å². The predicted molar refractivity (Wildman–Crippen MR) is 172 cm³/mol. The number of hydrogen-bond donors (Lipinski definition) is 1. The van der Waals surface area contributed by atoms with Crippen LogP contribution >= 0.6 is 0 Å². The molecule has 3 unspecified atom stereocenters. The van der Waals surface area contributed by atoms with E-state index in [-0.39, 0.29) is 30.1 Å². The average molecular weight is 660 g/mol. The molecule has 0 saturated heterocycles. The van der Waals surface area contributed by atoms with E-state index in [1.165, 1.54) is 13.8 Å². The molecule has 2 aromatic heterocycles. The summed E-state index contributed by atoms with van der Waals surface area (Å²) in [5.41, 5.74) is -2.06. The number of pyridine rings is 1. The van der Waals surface area contributed by atoms with Gasteiger partial charge in [0.05, 0.1) is 11.7 Å². The minimum absolute atomic E-state index is 0.0282. The zero-order chi connectivity index (χ0) is 34.6. The van der Waals surface area contributed by atoms with Gasteiger partial charge in [-0.05, 0) is 68.7 Å². The Morgan fingerprint density at radius 3 is 2.46 bits per heavy atom. The predicted octanol–water partition coefficient (Wildman–Crippen LogP) is 5.36. The fourth-order valence-corrected chi connectivity index (χ4v) is 8.81. The highest BCUT2D eigenvalue weighted by molar-refractivity contribution is 5.89. The normalized spacial score (nSPS) is 32.0. The molecule has 48 heavy (non-hydrogen) atoms. The van der Waals surface area contributed by atoms with Crippen LogP contribution in [0.5, 0.6) is 5.75 Å². The molecule has 3 aromatic rings. The van der Waals surface area contributed by atoms with E-state index in [1.807, 2.05) is 26.8 Å². The van der Waals surface area contributed by atoms with Crippen LogP contribution in [-0.4, -0.2) is 52.4 Å². The maximum absolute atomic E-state index is 13.8. The van der Waals surface area contributed by atoms with Crippen molar-refractivity contribution in [2.75, 3.05) is 6.61 Å². The van der Waals surface area contributed by atoms with Crippen molar-refractivity contribution in [1.29, 1.82) is 0 Å². The van der Waals surface area contributed by atoms with Gasteiger partial charge >= 0.3 is 23.5 Å². The van der Waals surface area contributed by atoms with Gasteiger partial charge in [0.15, 0.2) is 0 Å². The molecule has 0 amide bonds. The molecular weight excluding hydrogens is 618 g/mol. The van der Waals surface area contributed by atoms with Crippen LogP contribution in [0.25, 0.3) is 11.3 Å². The number of aliphatic hydroxyl groups is 1. The lowest BCUT2D eigenvalue weighted by Gasteiger charge is -2.66.